The predicted molar refractivity (Wildman–Crippen MR) is 79.5 cm³/mol. The minimum atomic E-state index is 0.215. The average Bonchev–Trinajstić information content (AvgIpc) is 2.83. The zero-order valence-corrected chi connectivity index (χ0v) is 12.6. The minimum absolute atomic E-state index is 0.215. The van der Waals surface area contributed by atoms with E-state index in [-0.39, 0.29) is 6.04 Å². The molecule has 1 amide bonds. The van der Waals surface area contributed by atoms with Gasteiger partial charge in [-0.15, -0.1) is 0 Å². The van der Waals surface area contributed by atoms with E-state index in [1.807, 2.05) is 0 Å². The highest BCUT2D eigenvalue weighted by molar-refractivity contribution is 5.77. The van der Waals surface area contributed by atoms with Crippen molar-refractivity contribution in [1.29, 1.82) is 0 Å². The Hall–Kier alpha value is -1.29. The van der Waals surface area contributed by atoms with Gasteiger partial charge in [-0.25, -0.2) is 0 Å². The summed E-state index contributed by atoms with van der Waals surface area (Å²) in [5.74, 6) is 0.918. The van der Waals surface area contributed by atoms with Crippen LogP contribution < -0.4 is 5.32 Å². The summed E-state index contributed by atoms with van der Waals surface area (Å²) in [4.78, 5) is 14.7. The fraction of sp³-hybridized carbons (Fsp3) is 0.688. The van der Waals surface area contributed by atoms with E-state index in [4.69, 9.17) is 0 Å². The Labute approximate surface area is 121 Å². The lowest BCUT2D eigenvalue weighted by Gasteiger charge is -2.36. The summed E-state index contributed by atoms with van der Waals surface area (Å²) in [6.07, 6.45) is 3.01. The molecular formula is C16H25N3O. The topological polar surface area (TPSA) is 37.3 Å². The molecule has 0 bridgehead atoms. The van der Waals surface area contributed by atoms with E-state index in [9.17, 15) is 4.79 Å². The van der Waals surface area contributed by atoms with Gasteiger partial charge in [-0.2, -0.15) is 0 Å². The Balaban J connectivity index is 1.67. The highest BCUT2D eigenvalue weighted by Crippen LogP contribution is 2.29. The third-order valence-corrected chi connectivity index (χ3v) is 4.94. The molecule has 3 rings (SSSR count). The number of nitrogens with zero attached hydrogens (tertiary/aromatic N) is 2. The van der Waals surface area contributed by atoms with Gasteiger partial charge >= 0.3 is 0 Å². The molecule has 1 N–H and O–H groups in total. The summed E-state index contributed by atoms with van der Waals surface area (Å²) in [7, 11) is 0. The first-order valence-corrected chi connectivity index (χ1v) is 7.83. The molecule has 4 nitrogen and oxygen atoms in total. The zero-order valence-electron chi connectivity index (χ0n) is 12.6. The van der Waals surface area contributed by atoms with E-state index in [2.05, 4.69) is 40.8 Å². The Morgan fingerprint density at radius 1 is 1.30 bits per heavy atom. The lowest BCUT2D eigenvalue weighted by Crippen LogP contribution is -2.42. The molecule has 1 aromatic heterocycles. The van der Waals surface area contributed by atoms with Crippen molar-refractivity contribution in [3.63, 3.8) is 0 Å². The van der Waals surface area contributed by atoms with E-state index in [0.29, 0.717) is 11.8 Å². The number of rotatable bonds is 2. The molecule has 2 aliphatic heterocycles. The monoisotopic (exact) mass is 275 g/mol. The number of amides is 1. The van der Waals surface area contributed by atoms with Gasteiger partial charge in [-0.3, -0.25) is 4.79 Å². The number of aromatic nitrogens is 1. The molecule has 0 spiro atoms. The smallest absolute Gasteiger partial charge is 0.223 e. The zero-order chi connectivity index (χ0) is 14.1. The van der Waals surface area contributed by atoms with E-state index < -0.39 is 0 Å². The van der Waals surface area contributed by atoms with Crippen LogP contribution in [-0.2, 0) is 11.3 Å². The van der Waals surface area contributed by atoms with Gasteiger partial charge in [0, 0.05) is 30.9 Å². The highest BCUT2D eigenvalue weighted by atomic mass is 16.2. The SMILES string of the molecule is Cc1ccc2n1CCN(C(=O)CC1CCNCC1)C2C. The van der Waals surface area contributed by atoms with Gasteiger partial charge < -0.3 is 14.8 Å². The molecule has 0 radical (unpaired) electrons. The van der Waals surface area contributed by atoms with Crippen molar-refractivity contribution in [1.82, 2.24) is 14.8 Å². The van der Waals surface area contributed by atoms with Crippen molar-refractivity contribution in [2.45, 2.75) is 45.7 Å². The third-order valence-electron chi connectivity index (χ3n) is 4.94. The average molecular weight is 275 g/mol. The summed E-state index contributed by atoms with van der Waals surface area (Å²) >= 11 is 0. The highest BCUT2D eigenvalue weighted by Gasteiger charge is 2.29. The molecule has 1 saturated heterocycles. The molecule has 0 aromatic carbocycles. The van der Waals surface area contributed by atoms with E-state index in [1.54, 1.807) is 0 Å². The van der Waals surface area contributed by atoms with Gasteiger partial charge in [0.15, 0.2) is 0 Å². The van der Waals surface area contributed by atoms with E-state index >= 15 is 0 Å². The van der Waals surface area contributed by atoms with E-state index in [0.717, 1.165) is 45.4 Å². The standard InChI is InChI=1S/C16H25N3O/c1-12-3-4-15-13(2)19(10-9-18(12)15)16(20)11-14-5-7-17-8-6-14/h3-4,13-14,17H,5-11H2,1-2H3. The van der Waals surface area contributed by atoms with Crippen molar-refractivity contribution in [3.05, 3.63) is 23.5 Å². The second-order valence-electron chi connectivity index (χ2n) is 6.21. The lowest BCUT2D eigenvalue weighted by atomic mass is 9.93. The van der Waals surface area contributed by atoms with Crippen LogP contribution in [0.4, 0.5) is 0 Å². The van der Waals surface area contributed by atoms with Gasteiger partial charge in [-0.1, -0.05) is 0 Å². The van der Waals surface area contributed by atoms with Crippen LogP contribution in [0.1, 0.15) is 43.6 Å². The van der Waals surface area contributed by atoms with Crippen LogP contribution >= 0.6 is 0 Å². The Bertz CT molecular complexity index is 488. The van der Waals surface area contributed by atoms with Crippen molar-refractivity contribution in [2.24, 2.45) is 5.92 Å². The van der Waals surface area contributed by atoms with Gasteiger partial charge in [0.2, 0.25) is 5.91 Å². The van der Waals surface area contributed by atoms with Crippen molar-refractivity contribution >= 4 is 5.91 Å². The quantitative estimate of drug-likeness (QED) is 0.897. The first-order valence-electron chi connectivity index (χ1n) is 7.83. The van der Waals surface area contributed by atoms with Crippen LogP contribution in [0.25, 0.3) is 0 Å². The van der Waals surface area contributed by atoms with Gasteiger partial charge in [0.05, 0.1) is 6.04 Å². The molecule has 2 aliphatic rings. The number of nitrogens with one attached hydrogen (secondary N) is 1. The Morgan fingerprint density at radius 2 is 2.05 bits per heavy atom. The number of fused-ring (bicyclic) bond motifs is 1. The molecule has 1 aromatic rings. The normalized spacial score (nSPS) is 23.7. The van der Waals surface area contributed by atoms with Crippen LogP contribution in [0, 0.1) is 12.8 Å². The third kappa shape index (κ3) is 2.49. The molecule has 110 valence electrons. The maximum atomic E-state index is 12.6. The fourth-order valence-corrected chi connectivity index (χ4v) is 3.61. The first-order chi connectivity index (χ1) is 9.66. The lowest BCUT2D eigenvalue weighted by molar-refractivity contribution is -0.135. The molecule has 1 unspecified atom stereocenters. The summed E-state index contributed by atoms with van der Waals surface area (Å²) in [5.41, 5.74) is 2.59. The van der Waals surface area contributed by atoms with Gasteiger partial charge in [0.1, 0.15) is 0 Å². The number of carbonyl (C=O) groups is 1. The largest absolute Gasteiger partial charge is 0.345 e. The molecule has 0 aliphatic carbocycles. The van der Waals surface area contributed by atoms with Crippen LogP contribution in [0.3, 0.4) is 0 Å². The molecule has 4 heteroatoms. The van der Waals surface area contributed by atoms with Crippen LogP contribution in [0.2, 0.25) is 0 Å². The number of aryl methyl sites for hydroxylation is 1. The number of piperidine rings is 1. The summed E-state index contributed by atoms with van der Waals surface area (Å²) < 4.78 is 2.35. The maximum Gasteiger partial charge on any atom is 0.223 e. The second kappa shape index (κ2) is 5.60. The van der Waals surface area contributed by atoms with Crippen molar-refractivity contribution in [2.75, 3.05) is 19.6 Å². The number of hydrogen-bond acceptors (Lipinski definition) is 2. The maximum absolute atomic E-state index is 12.6. The molecular weight excluding hydrogens is 250 g/mol. The fourth-order valence-electron chi connectivity index (χ4n) is 3.61. The van der Waals surface area contributed by atoms with Crippen LogP contribution in [-0.4, -0.2) is 35.0 Å². The molecule has 1 fully saturated rings. The summed E-state index contributed by atoms with van der Waals surface area (Å²) in [6.45, 7) is 8.22. The van der Waals surface area contributed by atoms with Crippen LogP contribution in [0.5, 0.6) is 0 Å². The minimum Gasteiger partial charge on any atom is -0.345 e. The molecule has 20 heavy (non-hydrogen) atoms. The van der Waals surface area contributed by atoms with E-state index in [1.165, 1.54) is 11.4 Å². The number of carbonyl (C=O) groups excluding carboxylic acids is 1. The second-order valence-corrected chi connectivity index (χ2v) is 6.21. The van der Waals surface area contributed by atoms with Crippen LogP contribution in [0.15, 0.2) is 12.1 Å². The van der Waals surface area contributed by atoms with Gasteiger partial charge in [-0.05, 0) is 57.8 Å². The Kier molecular flexibility index (Phi) is 3.83. The first kappa shape index (κ1) is 13.7. The summed E-state index contributed by atoms with van der Waals surface area (Å²) in [6, 6.07) is 4.54. The predicted octanol–water partition coefficient (Wildman–Crippen LogP) is 2.09. The van der Waals surface area contributed by atoms with Crippen molar-refractivity contribution < 1.29 is 4.79 Å². The number of hydrogen-bond donors (Lipinski definition) is 1. The molecule has 0 saturated carbocycles. The van der Waals surface area contributed by atoms with Crippen molar-refractivity contribution in [3.8, 4) is 0 Å². The Morgan fingerprint density at radius 3 is 2.80 bits per heavy atom. The van der Waals surface area contributed by atoms with Gasteiger partial charge in [0.25, 0.3) is 0 Å². The molecule has 3 heterocycles. The summed E-state index contributed by atoms with van der Waals surface area (Å²) in [5, 5.41) is 3.36. The molecule has 1 atom stereocenters.